The number of hydrogen-bond acceptors (Lipinski definition) is 4. The molecule has 3 rings (SSSR count). The van der Waals surface area contributed by atoms with E-state index in [4.69, 9.17) is 14.2 Å². The Balaban J connectivity index is 2.29. The second kappa shape index (κ2) is 6.79. The van der Waals surface area contributed by atoms with Crippen LogP contribution in [0.3, 0.4) is 0 Å². The maximum atomic E-state index is 12.1. The second-order valence-electron chi connectivity index (χ2n) is 5.51. The lowest BCUT2D eigenvalue weighted by molar-refractivity contribution is -0.142. The quantitative estimate of drug-likeness (QED) is 0.523. The SMILES string of the molecule is CCOC(=O)Cc1c2cc(OC)ccc2cc2ccc(OC)cc12. The van der Waals surface area contributed by atoms with E-state index < -0.39 is 0 Å². The van der Waals surface area contributed by atoms with Gasteiger partial charge < -0.3 is 14.2 Å². The van der Waals surface area contributed by atoms with E-state index in [9.17, 15) is 4.79 Å². The van der Waals surface area contributed by atoms with Crippen molar-refractivity contribution in [3.05, 3.63) is 48.0 Å². The molecule has 4 heteroatoms. The van der Waals surface area contributed by atoms with E-state index in [-0.39, 0.29) is 12.4 Å². The molecule has 0 aliphatic heterocycles. The summed E-state index contributed by atoms with van der Waals surface area (Å²) in [5, 5.41) is 4.10. The van der Waals surface area contributed by atoms with Crippen molar-refractivity contribution < 1.29 is 19.0 Å². The highest BCUT2D eigenvalue weighted by Gasteiger charge is 2.14. The van der Waals surface area contributed by atoms with E-state index in [1.54, 1.807) is 14.2 Å². The summed E-state index contributed by atoms with van der Waals surface area (Å²) in [4.78, 5) is 12.1. The van der Waals surface area contributed by atoms with Gasteiger partial charge in [-0.25, -0.2) is 0 Å². The Morgan fingerprint density at radius 3 is 1.88 bits per heavy atom. The lowest BCUT2D eigenvalue weighted by atomic mass is 9.94. The number of ether oxygens (including phenoxy) is 3. The van der Waals surface area contributed by atoms with Crippen molar-refractivity contribution in [2.75, 3.05) is 20.8 Å². The van der Waals surface area contributed by atoms with Crippen molar-refractivity contribution >= 4 is 27.5 Å². The first-order valence-corrected chi connectivity index (χ1v) is 7.89. The van der Waals surface area contributed by atoms with Crippen LogP contribution in [-0.4, -0.2) is 26.8 Å². The minimum absolute atomic E-state index is 0.210. The number of carbonyl (C=O) groups is 1. The molecule has 0 radical (unpaired) electrons. The fraction of sp³-hybridized carbons (Fsp3) is 0.250. The number of benzene rings is 3. The van der Waals surface area contributed by atoms with Crippen molar-refractivity contribution in [3.63, 3.8) is 0 Å². The Labute approximate surface area is 140 Å². The predicted molar refractivity (Wildman–Crippen MR) is 94.9 cm³/mol. The molecule has 0 spiro atoms. The van der Waals surface area contributed by atoms with E-state index in [1.807, 2.05) is 43.3 Å². The van der Waals surface area contributed by atoms with Crippen LogP contribution in [0, 0.1) is 0 Å². The molecule has 0 fully saturated rings. The summed E-state index contributed by atoms with van der Waals surface area (Å²) in [6.07, 6.45) is 0.210. The summed E-state index contributed by atoms with van der Waals surface area (Å²) in [7, 11) is 3.27. The Bertz CT molecular complexity index is 837. The van der Waals surface area contributed by atoms with Gasteiger partial charge in [-0.05, 0) is 64.4 Å². The zero-order valence-corrected chi connectivity index (χ0v) is 14.1. The highest BCUT2D eigenvalue weighted by atomic mass is 16.5. The molecule has 0 aliphatic rings. The molecule has 0 aliphatic carbocycles. The molecule has 0 N–H and O–H groups in total. The van der Waals surface area contributed by atoms with Gasteiger partial charge in [0, 0.05) is 0 Å². The third kappa shape index (κ3) is 3.00. The molecule has 0 heterocycles. The van der Waals surface area contributed by atoms with Gasteiger partial charge in [0.1, 0.15) is 11.5 Å². The minimum Gasteiger partial charge on any atom is -0.497 e. The molecule has 0 amide bonds. The molecular weight excluding hydrogens is 304 g/mol. The van der Waals surface area contributed by atoms with Gasteiger partial charge in [-0.1, -0.05) is 12.1 Å². The molecule has 0 saturated heterocycles. The minimum atomic E-state index is -0.239. The third-order valence-electron chi connectivity index (χ3n) is 4.11. The average Bonchev–Trinajstić information content (AvgIpc) is 2.61. The van der Waals surface area contributed by atoms with E-state index >= 15 is 0 Å². The molecule has 124 valence electrons. The van der Waals surface area contributed by atoms with Crippen molar-refractivity contribution in [1.29, 1.82) is 0 Å². The van der Waals surface area contributed by atoms with Crippen LogP contribution in [0.5, 0.6) is 11.5 Å². The molecule has 24 heavy (non-hydrogen) atoms. The largest absolute Gasteiger partial charge is 0.497 e. The second-order valence-corrected chi connectivity index (χ2v) is 5.51. The monoisotopic (exact) mass is 324 g/mol. The van der Waals surface area contributed by atoms with Crippen molar-refractivity contribution in [2.45, 2.75) is 13.3 Å². The van der Waals surface area contributed by atoms with E-state index in [2.05, 4.69) is 6.07 Å². The lowest BCUT2D eigenvalue weighted by Gasteiger charge is -2.13. The number of fused-ring (bicyclic) bond motifs is 2. The first-order valence-electron chi connectivity index (χ1n) is 7.89. The lowest BCUT2D eigenvalue weighted by Crippen LogP contribution is -2.08. The van der Waals surface area contributed by atoms with Crippen molar-refractivity contribution in [1.82, 2.24) is 0 Å². The van der Waals surface area contributed by atoms with Crippen LogP contribution in [0.1, 0.15) is 12.5 Å². The molecule has 0 unspecified atom stereocenters. The van der Waals surface area contributed by atoms with Crippen LogP contribution in [-0.2, 0) is 16.0 Å². The highest BCUT2D eigenvalue weighted by Crippen LogP contribution is 2.33. The highest BCUT2D eigenvalue weighted by molar-refractivity contribution is 6.05. The molecule has 0 bridgehead atoms. The number of hydrogen-bond donors (Lipinski definition) is 0. The summed E-state index contributed by atoms with van der Waals surface area (Å²) < 4.78 is 15.8. The number of carbonyl (C=O) groups excluding carboxylic acids is 1. The summed E-state index contributed by atoms with van der Waals surface area (Å²) in [6, 6.07) is 13.9. The van der Waals surface area contributed by atoms with E-state index in [1.165, 1.54) is 0 Å². The number of esters is 1. The topological polar surface area (TPSA) is 44.8 Å². The van der Waals surface area contributed by atoms with Crippen LogP contribution in [0.2, 0.25) is 0 Å². The Morgan fingerprint density at radius 2 is 1.42 bits per heavy atom. The summed E-state index contributed by atoms with van der Waals surface area (Å²) in [5.74, 6) is 1.28. The van der Waals surface area contributed by atoms with Gasteiger partial charge in [0.25, 0.3) is 0 Å². The van der Waals surface area contributed by atoms with Gasteiger partial charge in [-0.3, -0.25) is 4.79 Å². The van der Waals surface area contributed by atoms with Crippen molar-refractivity contribution in [3.8, 4) is 11.5 Å². The molecule has 0 atom stereocenters. The number of rotatable bonds is 5. The molecule has 0 aromatic heterocycles. The standard InChI is InChI=1S/C20H20O4/c1-4-24-20(21)12-19-17-10-15(22-2)7-5-13(17)9-14-6-8-16(23-3)11-18(14)19/h5-11H,4,12H2,1-3H3. The summed E-state index contributed by atoms with van der Waals surface area (Å²) >= 11 is 0. The smallest absolute Gasteiger partial charge is 0.310 e. The van der Waals surface area contributed by atoms with Crippen LogP contribution in [0.25, 0.3) is 21.5 Å². The number of methoxy groups -OCH3 is 2. The van der Waals surface area contributed by atoms with E-state index in [0.29, 0.717) is 6.61 Å². The van der Waals surface area contributed by atoms with Gasteiger partial charge >= 0.3 is 5.97 Å². The Morgan fingerprint density at radius 1 is 0.875 bits per heavy atom. The van der Waals surface area contributed by atoms with Crippen LogP contribution >= 0.6 is 0 Å². The van der Waals surface area contributed by atoms with Crippen LogP contribution < -0.4 is 9.47 Å². The Hall–Kier alpha value is -2.75. The predicted octanol–water partition coefficient (Wildman–Crippen LogP) is 4.12. The maximum Gasteiger partial charge on any atom is 0.310 e. The normalized spacial score (nSPS) is 10.8. The van der Waals surface area contributed by atoms with E-state index in [0.717, 1.165) is 38.6 Å². The molecule has 4 nitrogen and oxygen atoms in total. The first-order chi connectivity index (χ1) is 11.7. The molecule has 3 aromatic rings. The zero-order chi connectivity index (χ0) is 17.1. The van der Waals surface area contributed by atoms with Crippen LogP contribution in [0.4, 0.5) is 0 Å². The fourth-order valence-electron chi connectivity index (χ4n) is 2.96. The van der Waals surface area contributed by atoms with Gasteiger partial charge in [0.15, 0.2) is 0 Å². The summed E-state index contributed by atoms with van der Waals surface area (Å²) in [6.45, 7) is 2.18. The average molecular weight is 324 g/mol. The first kappa shape index (κ1) is 16.1. The fourth-order valence-corrected chi connectivity index (χ4v) is 2.96. The molecular formula is C20H20O4. The molecule has 0 saturated carbocycles. The van der Waals surface area contributed by atoms with Gasteiger partial charge in [0.2, 0.25) is 0 Å². The van der Waals surface area contributed by atoms with Gasteiger partial charge in [-0.15, -0.1) is 0 Å². The maximum absolute atomic E-state index is 12.1. The zero-order valence-electron chi connectivity index (χ0n) is 14.1. The molecule has 3 aromatic carbocycles. The van der Waals surface area contributed by atoms with Gasteiger partial charge in [-0.2, -0.15) is 0 Å². The van der Waals surface area contributed by atoms with Gasteiger partial charge in [0.05, 0.1) is 27.2 Å². The van der Waals surface area contributed by atoms with Crippen LogP contribution in [0.15, 0.2) is 42.5 Å². The summed E-state index contributed by atoms with van der Waals surface area (Å²) in [5.41, 5.74) is 0.929. The Kier molecular flexibility index (Phi) is 4.56. The third-order valence-corrected chi connectivity index (χ3v) is 4.11. The van der Waals surface area contributed by atoms with Crippen molar-refractivity contribution in [2.24, 2.45) is 0 Å².